The van der Waals surface area contributed by atoms with Crippen LogP contribution in [0.5, 0.6) is 5.75 Å². The van der Waals surface area contributed by atoms with Crippen LogP contribution in [0.2, 0.25) is 0 Å². The number of aryl methyl sites for hydroxylation is 1. The first-order valence-electron chi connectivity index (χ1n) is 8.87. The first kappa shape index (κ1) is 18.6. The van der Waals surface area contributed by atoms with E-state index < -0.39 is 5.82 Å². The number of methoxy groups -OCH3 is 1. The maximum atomic E-state index is 14.1. The van der Waals surface area contributed by atoms with Crippen molar-refractivity contribution in [2.45, 2.75) is 32.8 Å². The molecule has 2 aromatic rings. The number of aliphatic hydroxyl groups is 1. The van der Waals surface area contributed by atoms with Crippen LogP contribution in [-0.4, -0.2) is 53.2 Å². The number of aliphatic hydroxyl groups excluding tert-OH is 1. The van der Waals surface area contributed by atoms with Crippen LogP contribution < -0.4 is 4.74 Å². The number of aromatic nitrogens is 1. The number of carbonyl (C=O) groups is 1. The Labute approximate surface area is 153 Å². The minimum atomic E-state index is -0.433. The number of likely N-dealkylation sites (tertiary alicyclic amines) is 1. The zero-order chi connectivity index (χ0) is 18.8. The summed E-state index contributed by atoms with van der Waals surface area (Å²) >= 11 is 0. The number of hydrogen-bond acceptors (Lipinski definition) is 4. The van der Waals surface area contributed by atoms with Gasteiger partial charge in [-0.15, -0.1) is 0 Å². The Morgan fingerprint density at radius 3 is 2.58 bits per heavy atom. The van der Waals surface area contributed by atoms with E-state index in [0.717, 1.165) is 24.5 Å². The Balaban J connectivity index is 1.83. The topological polar surface area (TPSA) is 54.7 Å². The molecule has 0 saturated carbocycles. The zero-order valence-corrected chi connectivity index (χ0v) is 15.5. The van der Waals surface area contributed by atoms with Crippen LogP contribution in [0.1, 0.15) is 34.6 Å². The maximum absolute atomic E-state index is 14.1. The van der Waals surface area contributed by atoms with Crippen molar-refractivity contribution in [2.24, 2.45) is 0 Å². The summed E-state index contributed by atoms with van der Waals surface area (Å²) in [5.74, 6) is -0.188. The minimum Gasteiger partial charge on any atom is -0.494 e. The van der Waals surface area contributed by atoms with E-state index in [0.29, 0.717) is 30.6 Å². The van der Waals surface area contributed by atoms with Gasteiger partial charge in [0.2, 0.25) is 0 Å². The normalized spacial score (nSPS) is 16.0. The standard InChI is InChI=1S/C20H25FN2O3/c1-13-10-17(19(25)12-22-8-6-16(24)7-9-22)14(2)23(13)15-4-5-20(26-3)18(21)11-15/h4-5,10-11,16,24H,6-9,12H2,1-3H3. The van der Waals surface area contributed by atoms with Crippen LogP contribution in [0, 0.1) is 19.7 Å². The van der Waals surface area contributed by atoms with Crippen molar-refractivity contribution in [1.29, 1.82) is 0 Å². The van der Waals surface area contributed by atoms with Crippen molar-refractivity contribution < 1.29 is 19.0 Å². The number of ether oxygens (including phenoxy) is 1. The monoisotopic (exact) mass is 360 g/mol. The van der Waals surface area contributed by atoms with Crippen molar-refractivity contribution in [3.8, 4) is 11.4 Å². The number of piperidine rings is 1. The lowest BCUT2D eigenvalue weighted by Crippen LogP contribution is -2.39. The van der Waals surface area contributed by atoms with E-state index in [1.165, 1.54) is 13.2 Å². The van der Waals surface area contributed by atoms with E-state index in [4.69, 9.17) is 4.74 Å². The van der Waals surface area contributed by atoms with Gasteiger partial charge in [-0.3, -0.25) is 9.69 Å². The molecule has 0 unspecified atom stereocenters. The highest BCUT2D eigenvalue weighted by Crippen LogP contribution is 2.25. The van der Waals surface area contributed by atoms with Gasteiger partial charge in [0.05, 0.1) is 19.8 Å². The average Bonchev–Trinajstić information content (AvgIpc) is 2.91. The second kappa shape index (κ2) is 7.60. The molecule has 6 heteroatoms. The van der Waals surface area contributed by atoms with Gasteiger partial charge in [-0.2, -0.15) is 0 Å². The van der Waals surface area contributed by atoms with Crippen molar-refractivity contribution in [3.63, 3.8) is 0 Å². The van der Waals surface area contributed by atoms with E-state index in [1.807, 2.05) is 24.5 Å². The van der Waals surface area contributed by atoms with Gasteiger partial charge in [0.1, 0.15) is 0 Å². The van der Waals surface area contributed by atoms with Gasteiger partial charge < -0.3 is 14.4 Å². The predicted molar refractivity (Wildman–Crippen MR) is 97.8 cm³/mol. The molecule has 1 aliphatic heterocycles. The summed E-state index contributed by atoms with van der Waals surface area (Å²) in [6, 6.07) is 6.64. The molecule has 1 aromatic heterocycles. The molecule has 1 aliphatic rings. The van der Waals surface area contributed by atoms with Crippen LogP contribution in [-0.2, 0) is 0 Å². The molecule has 1 aromatic carbocycles. The van der Waals surface area contributed by atoms with Gasteiger partial charge >= 0.3 is 0 Å². The highest BCUT2D eigenvalue weighted by atomic mass is 19.1. The van der Waals surface area contributed by atoms with E-state index in [-0.39, 0.29) is 17.6 Å². The fourth-order valence-corrected chi connectivity index (χ4v) is 3.60. The summed E-state index contributed by atoms with van der Waals surface area (Å²) in [6.45, 7) is 5.59. The quantitative estimate of drug-likeness (QED) is 0.833. The average molecular weight is 360 g/mol. The van der Waals surface area contributed by atoms with Crippen LogP contribution in [0.15, 0.2) is 24.3 Å². The predicted octanol–water partition coefficient (Wildman–Crippen LogP) is 2.88. The van der Waals surface area contributed by atoms with E-state index >= 15 is 0 Å². The van der Waals surface area contributed by atoms with Gasteiger partial charge in [0.15, 0.2) is 17.3 Å². The fraction of sp³-hybridized carbons (Fsp3) is 0.450. The molecule has 0 bridgehead atoms. The van der Waals surface area contributed by atoms with Gasteiger partial charge in [-0.05, 0) is 44.9 Å². The summed E-state index contributed by atoms with van der Waals surface area (Å²) < 4.78 is 20.9. The van der Waals surface area contributed by atoms with Gasteiger partial charge in [0.25, 0.3) is 0 Å². The molecule has 0 amide bonds. The molecular formula is C20H25FN2O3. The van der Waals surface area contributed by atoms with Crippen molar-refractivity contribution >= 4 is 5.78 Å². The number of ketones is 1. The van der Waals surface area contributed by atoms with E-state index in [1.54, 1.807) is 12.1 Å². The number of rotatable bonds is 5. The highest BCUT2D eigenvalue weighted by molar-refractivity contribution is 5.99. The maximum Gasteiger partial charge on any atom is 0.178 e. The lowest BCUT2D eigenvalue weighted by molar-refractivity contribution is 0.0710. The molecule has 0 radical (unpaired) electrons. The lowest BCUT2D eigenvalue weighted by Gasteiger charge is -2.28. The zero-order valence-electron chi connectivity index (χ0n) is 15.5. The summed E-state index contributed by atoms with van der Waals surface area (Å²) in [4.78, 5) is 14.8. The first-order valence-corrected chi connectivity index (χ1v) is 8.87. The summed E-state index contributed by atoms with van der Waals surface area (Å²) in [5, 5.41) is 9.59. The lowest BCUT2D eigenvalue weighted by atomic mass is 10.1. The van der Waals surface area contributed by atoms with Crippen LogP contribution >= 0.6 is 0 Å². The minimum absolute atomic E-state index is 0.0507. The fourth-order valence-electron chi connectivity index (χ4n) is 3.60. The molecule has 2 heterocycles. The Hall–Kier alpha value is -2.18. The second-order valence-corrected chi connectivity index (χ2v) is 6.87. The molecule has 0 aliphatic carbocycles. The Morgan fingerprint density at radius 2 is 1.96 bits per heavy atom. The number of hydrogen-bond donors (Lipinski definition) is 1. The number of halogens is 1. The van der Waals surface area contributed by atoms with Gasteiger partial charge in [-0.25, -0.2) is 4.39 Å². The number of Topliss-reactive ketones (excluding diaryl/α,β-unsaturated/α-hetero) is 1. The molecule has 1 saturated heterocycles. The van der Waals surface area contributed by atoms with Crippen LogP contribution in [0.3, 0.4) is 0 Å². The Kier molecular flexibility index (Phi) is 5.44. The molecule has 26 heavy (non-hydrogen) atoms. The van der Waals surface area contributed by atoms with Crippen molar-refractivity contribution in [1.82, 2.24) is 9.47 Å². The first-order chi connectivity index (χ1) is 12.4. The molecular weight excluding hydrogens is 335 g/mol. The largest absolute Gasteiger partial charge is 0.494 e. The summed E-state index contributed by atoms with van der Waals surface area (Å²) in [5.41, 5.74) is 3.00. The third-order valence-electron chi connectivity index (χ3n) is 5.05. The SMILES string of the molecule is COc1ccc(-n2c(C)cc(C(=O)CN3CCC(O)CC3)c2C)cc1F. The number of carbonyl (C=O) groups excluding carboxylic acids is 1. The third-order valence-corrected chi connectivity index (χ3v) is 5.05. The van der Waals surface area contributed by atoms with E-state index in [2.05, 4.69) is 4.90 Å². The van der Waals surface area contributed by atoms with Crippen molar-refractivity contribution in [3.05, 3.63) is 47.0 Å². The third kappa shape index (κ3) is 3.66. The van der Waals surface area contributed by atoms with Gasteiger partial charge in [0, 0.05) is 41.8 Å². The summed E-state index contributed by atoms with van der Waals surface area (Å²) in [7, 11) is 1.43. The van der Waals surface area contributed by atoms with Crippen LogP contribution in [0.4, 0.5) is 4.39 Å². The Morgan fingerprint density at radius 1 is 1.27 bits per heavy atom. The smallest absolute Gasteiger partial charge is 0.178 e. The highest BCUT2D eigenvalue weighted by Gasteiger charge is 2.22. The molecule has 3 rings (SSSR count). The number of nitrogens with zero attached hydrogens (tertiary/aromatic N) is 2. The van der Waals surface area contributed by atoms with Gasteiger partial charge in [-0.1, -0.05) is 0 Å². The van der Waals surface area contributed by atoms with E-state index in [9.17, 15) is 14.3 Å². The Bertz CT molecular complexity index is 808. The van der Waals surface area contributed by atoms with Crippen LogP contribution in [0.25, 0.3) is 5.69 Å². The molecule has 0 atom stereocenters. The molecule has 0 spiro atoms. The molecule has 5 nitrogen and oxygen atoms in total. The van der Waals surface area contributed by atoms with Crippen molar-refractivity contribution in [2.75, 3.05) is 26.7 Å². The molecule has 1 fully saturated rings. The number of benzene rings is 1. The second-order valence-electron chi connectivity index (χ2n) is 6.87. The summed E-state index contributed by atoms with van der Waals surface area (Å²) in [6.07, 6.45) is 1.16. The molecule has 1 N–H and O–H groups in total. The molecule has 140 valence electrons.